The average Bonchev–Trinajstić information content (AvgIpc) is 4.23. The minimum Gasteiger partial charge on any atom is -0.458 e. The third-order valence-electron chi connectivity index (χ3n) is 14.6. The minimum atomic E-state index is -2.03. The zero-order valence-corrected chi connectivity index (χ0v) is 43.8. The molecule has 4 aromatic rings. The molecule has 23 heteroatoms. The lowest BCUT2D eigenvalue weighted by Gasteiger charge is -2.35. The molecule has 0 bridgehead atoms. The molecule has 408 valence electrons. The van der Waals surface area contributed by atoms with Crippen LogP contribution in [0.2, 0.25) is 0 Å². The summed E-state index contributed by atoms with van der Waals surface area (Å²) < 4.78 is 22.2. The Morgan fingerprint density at radius 3 is 2.36 bits per heavy atom. The zero-order chi connectivity index (χ0) is 55.1. The molecule has 1 aliphatic carbocycles. The number of cyclic esters (lactones) is 1. The summed E-state index contributed by atoms with van der Waals surface area (Å²) in [5.74, 6) is -3.79. The second-order valence-electron chi connectivity index (χ2n) is 19.5. The average molecular weight is 1080 g/mol. The van der Waals surface area contributed by atoms with Crippen LogP contribution in [0, 0.1) is 12.7 Å². The van der Waals surface area contributed by atoms with E-state index in [9.17, 15) is 53.4 Å². The Morgan fingerprint density at radius 2 is 1.62 bits per heavy atom. The topological polar surface area (TPSA) is 288 Å². The summed E-state index contributed by atoms with van der Waals surface area (Å²) in [6, 6.07) is 10.6. The van der Waals surface area contributed by atoms with E-state index in [0.29, 0.717) is 65.9 Å². The molecule has 7 amide bonds. The van der Waals surface area contributed by atoms with Gasteiger partial charge in [0.2, 0.25) is 29.5 Å². The molecule has 0 saturated carbocycles. The Labute approximate surface area is 446 Å². The molecule has 1 unspecified atom stereocenters. The quantitative estimate of drug-likeness (QED) is 0.0200. The lowest BCUT2D eigenvalue weighted by molar-refractivity contribution is -0.172. The van der Waals surface area contributed by atoms with Crippen molar-refractivity contribution in [1.29, 1.82) is 0 Å². The van der Waals surface area contributed by atoms with Gasteiger partial charge in [-0.2, -0.15) is 0 Å². The summed E-state index contributed by atoms with van der Waals surface area (Å²) in [7, 11) is 1.71. The van der Waals surface area contributed by atoms with Crippen molar-refractivity contribution in [2.75, 3.05) is 44.9 Å². The molecule has 2 aromatic heterocycles. The number of pyridine rings is 2. The second-order valence-corrected chi connectivity index (χ2v) is 20.6. The van der Waals surface area contributed by atoms with Crippen LogP contribution >= 0.6 is 11.8 Å². The van der Waals surface area contributed by atoms with Gasteiger partial charge >= 0.3 is 5.97 Å². The summed E-state index contributed by atoms with van der Waals surface area (Å²) in [6.07, 6.45) is 3.95. The molecule has 7 N–H and O–H groups in total. The number of nitrogens with one attached hydrogen (secondary N) is 5. The number of aromatic nitrogens is 2. The lowest BCUT2D eigenvalue weighted by atomic mass is 9.81. The van der Waals surface area contributed by atoms with Crippen LogP contribution in [0.4, 0.5) is 4.39 Å². The number of imide groups is 1. The van der Waals surface area contributed by atoms with E-state index >= 15 is 4.39 Å². The molecule has 0 radical (unpaired) electrons. The molecule has 5 heterocycles. The van der Waals surface area contributed by atoms with Gasteiger partial charge in [-0.05, 0) is 73.8 Å². The van der Waals surface area contributed by atoms with E-state index in [-0.39, 0.29) is 99.1 Å². The van der Waals surface area contributed by atoms with E-state index in [1.807, 2.05) is 6.07 Å². The van der Waals surface area contributed by atoms with E-state index in [0.717, 1.165) is 27.0 Å². The highest BCUT2D eigenvalue weighted by Gasteiger charge is 2.46. The maximum absolute atomic E-state index is 15.5. The number of aliphatic hydroxyl groups is 2. The van der Waals surface area contributed by atoms with Crippen LogP contribution < -0.4 is 32.1 Å². The minimum absolute atomic E-state index is 0.0287. The van der Waals surface area contributed by atoms with Gasteiger partial charge in [0.25, 0.3) is 17.4 Å². The van der Waals surface area contributed by atoms with Crippen LogP contribution in [0.1, 0.15) is 96.9 Å². The Balaban J connectivity index is 0.799. The fraction of sp³-hybridized carbons (Fsp3) is 0.444. The first-order chi connectivity index (χ1) is 36.9. The number of benzene rings is 2. The SMILES string of the molecule is CC[C@@]1(O)C(=O)OCc2c1cc1n(c2=O)Cc2c-1nc1cc(F)c(C)c3c1c2[C@@H](N(C)C(=O)CCSCNC(=O)CNC(O)[C@H](Cc1ccccc1)NC(=O)CNC(=O)CNC(=O)CCCCCN1C(=O)C=CC1=O)CC3. The van der Waals surface area contributed by atoms with Crippen LogP contribution in [-0.4, -0.2) is 134 Å². The molecule has 4 aliphatic rings. The lowest BCUT2D eigenvalue weighted by Crippen LogP contribution is -2.54. The van der Waals surface area contributed by atoms with Crippen LogP contribution in [0.5, 0.6) is 0 Å². The van der Waals surface area contributed by atoms with Crippen molar-refractivity contribution in [3.8, 4) is 11.4 Å². The van der Waals surface area contributed by atoms with Crippen molar-refractivity contribution in [3.63, 3.8) is 0 Å². The molecule has 21 nitrogen and oxygen atoms in total. The smallest absolute Gasteiger partial charge is 0.343 e. The predicted molar refractivity (Wildman–Crippen MR) is 280 cm³/mol. The fourth-order valence-electron chi connectivity index (χ4n) is 10.3. The molecular formula is C54H62FN9O12S. The third kappa shape index (κ3) is 12.3. The van der Waals surface area contributed by atoms with E-state index in [1.165, 1.54) is 34.5 Å². The number of ether oxygens (including phenoxy) is 1. The highest BCUT2D eigenvalue weighted by molar-refractivity contribution is 7.99. The first-order valence-electron chi connectivity index (χ1n) is 25.6. The van der Waals surface area contributed by atoms with Crippen molar-refractivity contribution in [1.82, 2.24) is 45.9 Å². The number of nitrogens with zero attached hydrogens (tertiary/aromatic N) is 4. The first-order valence-corrected chi connectivity index (χ1v) is 26.8. The van der Waals surface area contributed by atoms with Gasteiger partial charge in [-0.1, -0.05) is 43.7 Å². The fourth-order valence-corrected chi connectivity index (χ4v) is 11.0. The number of esters is 1. The number of carbonyl (C=O) groups excluding carboxylic acids is 8. The van der Waals surface area contributed by atoms with Crippen molar-refractivity contribution in [3.05, 3.63) is 110 Å². The molecular weight excluding hydrogens is 1020 g/mol. The monoisotopic (exact) mass is 1080 g/mol. The van der Waals surface area contributed by atoms with Gasteiger partial charge in [0, 0.05) is 66.9 Å². The number of carbonyl (C=O) groups is 8. The molecule has 4 atom stereocenters. The number of amides is 7. The zero-order valence-electron chi connectivity index (χ0n) is 43.0. The van der Waals surface area contributed by atoms with Gasteiger partial charge < -0.3 is 45.7 Å². The summed E-state index contributed by atoms with van der Waals surface area (Å²) in [5, 5.41) is 36.4. The number of unbranched alkanes of at least 4 members (excludes halogenated alkanes) is 2. The largest absolute Gasteiger partial charge is 0.458 e. The molecule has 3 aliphatic heterocycles. The molecule has 0 spiro atoms. The number of rotatable bonds is 24. The molecule has 77 heavy (non-hydrogen) atoms. The van der Waals surface area contributed by atoms with Gasteiger partial charge in [-0.25, -0.2) is 14.2 Å². The van der Waals surface area contributed by atoms with E-state index in [1.54, 1.807) is 56.1 Å². The number of halogens is 1. The number of thioether (sulfide) groups is 1. The Bertz CT molecular complexity index is 3100. The van der Waals surface area contributed by atoms with Crippen LogP contribution in [0.25, 0.3) is 22.3 Å². The van der Waals surface area contributed by atoms with Crippen LogP contribution in [0.15, 0.2) is 59.4 Å². The van der Waals surface area contributed by atoms with Gasteiger partial charge in [0.05, 0.1) is 66.6 Å². The normalized spacial score (nSPS) is 17.8. The Kier molecular flexibility index (Phi) is 17.7. The maximum Gasteiger partial charge on any atom is 0.343 e. The van der Waals surface area contributed by atoms with Crippen molar-refractivity contribution < 1.29 is 57.7 Å². The standard InChI is InChI=1S/C54H62FN9O12S/c1-4-54(75)35-22-40-50-33(27-64(40)52(73)34(35)28-76-53(54)74)49-39(15-14-32-30(2)36(55)23-37(61-50)48(32)49)62(3)45(69)18-20-77-29-59-43(67)25-58-51(72)38(21-31-11-7-5-8-12-31)60-44(68)26-57-42(66)24-56-41(65)13-9-6-10-19-63-46(70)16-17-47(63)71/h5,7-8,11-12,16-17,22-23,38-39,51,58,72,75H,4,6,9-10,13-15,18-21,24-29H2,1-3H3,(H,56,65)(H,57,66)(H,59,67)(H,60,68)/t38-,39-,51?,54-/m0/s1. The second kappa shape index (κ2) is 24.3. The van der Waals surface area contributed by atoms with Gasteiger partial charge in [-0.3, -0.25) is 48.6 Å². The maximum atomic E-state index is 15.5. The van der Waals surface area contributed by atoms with Gasteiger partial charge in [0.1, 0.15) is 18.7 Å². The molecule has 2 aromatic carbocycles. The van der Waals surface area contributed by atoms with E-state index in [2.05, 4.69) is 26.6 Å². The summed E-state index contributed by atoms with van der Waals surface area (Å²) in [5.41, 5.74) is 2.52. The van der Waals surface area contributed by atoms with E-state index in [4.69, 9.17) is 9.72 Å². The Hall–Kier alpha value is -7.34. The van der Waals surface area contributed by atoms with Crippen molar-refractivity contribution in [2.24, 2.45) is 0 Å². The highest BCUT2D eigenvalue weighted by Crippen LogP contribution is 2.47. The van der Waals surface area contributed by atoms with Crippen LogP contribution in [0.3, 0.4) is 0 Å². The summed E-state index contributed by atoms with van der Waals surface area (Å²) in [6.45, 7) is 2.25. The molecule has 0 saturated heterocycles. The summed E-state index contributed by atoms with van der Waals surface area (Å²) in [4.78, 5) is 122. The Morgan fingerprint density at radius 1 is 0.909 bits per heavy atom. The number of aryl methyl sites for hydroxylation is 1. The number of fused-ring (bicyclic) bond motifs is 5. The summed E-state index contributed by atoms with van der Waals surface area (Å²) >= 11 is 1.31. The van der Waals surface area contributed by atoms with Crippen molar-refractivity contribution >= 4 is 70.0 Å². The van der Waals surface area contributed by atoms with Crippen molar-refractivity contribution in [2.45, 2.75) is 109 Å². The molecule has 8 rings (SSSR count). The third-order valence-corrected chi connectivity index (χ3v) is 15.5. The van der Waals surface area contributed by atoms with Gasteiger partial charge in [-0.15, -0.1) is 11.8 Å². The van der Waals surface area contributed by atoms with Gasteiger partial charge in [0.15, 0.2) is 5.60 Å². The predicted octanol–water partition coefficient (Wildman–Crippen LogP) is 1.52. The van der Waals surface area contributed by atoms with Crippen LogP contribution in [-0.2, 0) is 74.7 Å². The number of aliphatic hydroxyl groups excluding tert-OH is 1. The number of hydrogen-bond donors (Lipinski definition) is 7. The first kappa shape index (κ1) is 55.9. The highest BCUT2D eigenvalue weighted by atomic mass is 32.2. The number of hydrogen-bond acceptors (Lipinski definition) is 15. The van der Waals surface area contributed by atoms with E-state index < -0.39 is 65.5 Å². The molecule has 0 fully saturated rings.